The van der Waals surface area contributed by atoms with Gasteiger partial charge in [-0.2, -0.15) is 5.09 Å². The molecule has 334 valence electrons. The number of hydrogen-bond acceptors (Lipinski definition) is 1. The molecule has 0 amide bonds. The first-order valence-corrected chi connectivity index (χ1v) is 34.5. The van der Waals surface area contributed by atoms with Crippen molar-refractivity contribution in [1.29, 1.82) is 0 Å². The van der Waals surface area contributed by atoms with Gasteiger partial charge in [-0.25, -0.2) is 0 Å². The summed E-state index contributed by atoms with van der Waals surface area (Å²) in [4.78, 5) is 0. The third-order valence-electron chi connectivity index (χ3n) is 14.7. The molecule has 61 heavy (non-hydrogen) atoms. The summed E-state index contributed by atoms with van der Waals surface area (Å²) in [5.41, 5.74) is 5.84. The molecule has 0 heterocycles. The molecule has 0 saturated heterocycles. The lowest BCUT2D eigenvalue weighted by Gasteiger charge is -2.36. The van der Waals surface area contributed by atoms with Gasteiger partial charge in [0, 0.05) is 11.3 Å². The van der Waals surface area contributed by atoms with Crippen LogP contribution in [0.1, 0.15) is 162 Å². The summed E-state index contributed by atoms with van der Waals surface area (Å²) in [5, 5.41) is 12.9. The van der Waals surface area contributed by atoms with E-state index in [1.165, 1.54) is 168 Å². The van der Waals surface area contributed by atoms with Crippen LogP contribution in [0, 0.1) is 13.8 Å². The van der Waals surface area contributed by atoms with Gasteiger partial charge in [-0.05, 0) is 67.1 Å². The molecule has 0 radical (unpaired) electrons. The van der Waals surface area contributed by atoms with E-state index in [1.54, 1.807) is 26.3 Å². The number of aryl methyl sites for hydroxylation is 2. The summed E-state index contributed by atoms with van der Waals surface area (Å²) in [6.07, 6.45) is 22.7. The number of nitrogens with one attached hydrogen (secondary N) is 1. The molecule has 2 atom stereocenters. The van der Waals surface area contributed by atoms with Crippen LogP contribution in [0.15, 0.2) is 91.0 Å². The second-order valence-corrected chi connectivity index (χ2v) is 34.7. The highest BCUT2D eigenvalue weighted by atomic mass is 32.1. The zero-order valence-electron chi connectivity index (χ0n) is 40.4. The molecule has 5 rings (SSSR count). The Morgan fingerprint density at radius 1 is 0.508 bits per heavy atom. The highest BCUT2D eigenvalue weighted by Gasteiger charge is 2.48. The van der Waals surface area contributed by atoms with Crippen molar-refractivity contribution in [3.63, 3.8) is 0 Å². The lowest BCUT2D eigenvalue weighted by Crippen LogP contribution is -2.48. The minimum Gasteiger partial charge on any atom is -0.178 e. The van der Waals surface area contributed by atoms with E-state index in [0.717, 1.165) is 0 Å². The van der Waals surface area contributed by atoms with Crippen LogP contribution in [0.5, 0.6) is 0 Å². The summed E-state index contributed by atoms with van der Waals surface area (Å²) >= 11 is 0. The third-order valence-corrected chi connectivity index (χ3v) is 33.4. The average molecular weight is 893 g/mol. The Balaban J connectivity index is 1.78. The highest BCUT2D eigenvalue weighted by Crippen LogP contribution is 2.70. The predicted molar refractivity (Wildman–Crippen MR) is 287 cm³/mol. The van der Waals surface area contributed by atoms with Crippen molar-refractivity contribution in [1.82, 2.24) is 5.09 Å². The molecule has 2 unspecified atom stereocenters. The summed E-state index contributed by atoms with van der Waals surface area (Å²) in [6, 6.07) is 47.1. The number of unbranched alkanes of at least 4 members (excludes halogenated alkanes) is 6. The maximum Gasteiger partial charge on any atom is 0.165 e. The van der Waals surface area contributed by atoms with Gasteiger partial charge in [0.2, 0.25) is 0 Å². The van der Waals surface area contributed by atoms with E-state index in [1.807, 2.05) is 0 Å². The van der Waals surface area contributed by atoms with Crippen molar-refractivity contribution >= 4 is 57.8 Å². The quantitative estimate of drug-likeness (QED) is 0.0465. The fraction of sp³-hybridized carbons (Fsp3) is 0.571. The molecular weight excluding hydrogens is 805 g/mol. The summed E-state index contributed by atoms with van der Waals surface area (Å²) in [7, 11) is -4.84. The van der Waals surface area contributed by atoms with E-state index >= 15 is 0 Å². The minimum absolute atomic E-state index is 0.555. The second kappa shape index (κ2) is 25.6. The van der Waals surface area contributed by atoms with Gasteiger partial charge in [-0.1, -0.05) is 257 Å². The lowest BCUT2D eigenvalue weighted by atomic mass is 9.96. The number of benzene rings is 4. The molecule has 0 aliphatic heterocycles. The monoisotopic (exact) mass is 893 g/mol. The second-order valence-electron chi connectivity index (χ2n) is 19.3. The van der Waals surface area contributed by atoms with Gasteiger partial charge < -0.3 is 0 Å². The average Bonchev–Trinajstić information content (AvgIpc) is 3.29. The largest absolute Gasteiger partial charge is 0.178 e. The molecular formula is C56H88NP2Si2+. The van der Waals surface area contributed by atoms with E-state index in [-0.39, 0.29) is 0 Å². The van der Waals surface area contributed by atoms with Gasteiger partial charge in [0.25, 0.3) is 0 Å². The number of rotatable bonds is 27. The maximum absolute atomic E-state index is 4.72. The Morgan fingerprint density at radius 3 is 1.46 bits per heavy atom. The van der Waals surface area contributed by atoms with Gasteiger partial charge in [0.1, 0.15) is 18.9 Å². The Morgan fingerprint density at radius 2 is 0.967 bits per heavy atom. The van der Waals surface area contributed by atoms with E-state index in [4.69, 9.17) is 5.09 Å². The molecule has 4 aromatic rings. The van der Waals surface area contributed by atoms with Crippen LogP contribution in [0.25, 0.3) is 11.1 Å². The molecule has 1 saturated carbocycles. The smallest absolute Gasteiger partial charge is 0.165 e. The van der Waals surface area contributed by atoms with E-state index in [9.17, 15) is 0 Å². The minimum atomic E-state index is -2.13. The SMILES string of the molecule is CCCC[Si](CCCC)(CCCC)c1ccc([P+](NC2CCCCC2)(Pc2ccc([Si](CCCC)(CCCC)CCCC)cc2-c2ccccc2C)c2ccccc2C)cc1. The fourth-order valence-corrected chi connectivity index (χ4v) is 30.5. The molecule has 0 bridgehead atoms. The van der Waals surface area contributed by atoms with Gasteiger partial charge in [0.05, 0.1) is 16.1 Å². The van der Waals surface area contributed by atoms with Gasteiger partial charge in [0.15, 0.2) is 7.10 Å². The van der Waals surface area contributed by atoms with Crippen LogP contribution < -0.4 is 31.4 Å². The molecule has 4 aromatic carbocycles. The molecule has 0 aromatic heterocycles. The van der Waals surface area contributed by atoms with Gasteiger partial charge in [-0.15, -0.1) is 0 Å². The van der Waals surface area contributed by atoms with Crippen LogP contribution in [-0.4, -0.2) is 22.2 Å². The third kappa shape index (κ3) is 12.9. The van der Waals surface area contributed by atoms with Crippen molar-refractivity contribution in [2.24, 2.45) is 0 Å². The fourth-order valence-electron chi connectivity index (χ4n) is 10.9. The summed E-state index contributed by atoms with van der Waals surface area (Å²) in [6.45, 7) is 19.2. The molecule has 1 aliphatic carbocycles. The van der Waals surface area contributed by atoms with E-state index < -0.39 is 23.2 Å². The zero-order chi connectivity index (χ0) is 43.6. The molecule has 0 spiro atoms. The van der Waals surface area contributed by atoms with Crippen LogP contribution in [-0.2, 0) is 0 Å². The summed E-state index contributed by atoms with van der Waals surface area (Å²) in [5.74, 6) is 0. The maximum atomic E-state index is 4.72. The molecule has 1 fully saturated rings. The first kappa shape index (κ1) is 50.1. The van der Waals surface area contributed by atoms with Gasteiger partial charge >= 0.3 is 0 Å². The van der Waals surface area contributed by atoms with Crippen LogP contribution in [0.4, 0.5) is 0 Å². The predicted octanol–water partition coefficient (Wildman–Crippen LogP) is 15.8. The zero-order valence-corrected chi connectivity index (χ0v) is 44.3. The van der Waals surface area contributed by atoms with Crippen molar-refractivity contribution in [2.45, 2.75) is 207 Å². The van der Waals surface area contributed by atoms with E-state index in [2.05, 4.69) is 146 Å². The van der Waals surface area contributed by atoms with Crippen molar-refractivity contribution in [3.05, 3.63) is 102 Å². The topological polar surface area (TPSA) is 12.0 Å². The Labute approximate surface area is 381 Å². The van der Waals surface area contributed by atoms with Crippen LogP contribution in [0.2, 0.25) is 36.3 Å². The molecule has 1 nitrogen and oxygen atoms in total. The highest BCUT2D eigenvalue weighted by molar-refractivity contribution is 8.39. The standard InChI is InChI=1S/C56H88NP2Si2/c1-9-15-40-60(41-16-10-2,42-17-11-3)51-36-34-50(35-37-51)59(56-33-27-25-29-48(56)8,57-49-30-22-21-23-31-49)58-55-39-38-52(46-54(55)53-32-26-24-28-47(53)7)61(43-18-12-4,44-19-13-5)45-20-14-6/h24-29,32-39,46,49,57-58H,9-23,30-31,40-45H2,1-8H3/q+1. The molecule has 5 heteroatoms. The first-order valence-electron chi connectivity index (χ1n) is 25.6. The molecule has 1 aliphatic rings. The number of hydrogen-bond donors (Lipinski definition) is 1. The van der Waals surface area contributed by atoms with Crippen molar-refractivity contribution in [3.8, 4) is 11.1 Å². The Kier molecular flexibility index (Phi) is 21.0. The summed E-state index contributed by atoms with van der Waals surface area (Å²) < 4.78 is 0. The van der Waals surface area contributed by atoms with E-state index in [0.29, 0.717) is 14.3 Å². The van der Waals surface area contributed by atoms with Crippen LogP contribution in [0.3, 0.4) is 0 Å². The van der Waals surface area contributed by atoms with Gasteiger partial charge in [-0.3, -0.25) is 0 Å². The normalized spacial score (nSPS) is 15.1. The Bertz CT molecular complexity index is 1820. The Hall–Kier alpha value is -1.87. The van der Waals surface area contributed by atoms with Crippen LogP contribution >= 0.6 is 15.4 Å². The first-order chi connectivity index (χ1) is 29.7. The lowest BCUT2D eigenvalue weighted by molar-refractivity contribution is 0.421. The van der Waals surface area contributed by atoms with Crippen molar-refractivity contribution < 1.29 is 0 Å². The van der Waals surface area contributed by atoms with Crippen molar-refractivity contribution in [2.75, 3.05) is 0 Å². The molecule has 1 N–H and O–H groups in total.